The summed E-state index contributed by atoms with van der Waals surface area (Å²) in [6.07, 6.45) is 8.07. The van der Waals surface area contributed by atoms with Crippen molar-refractivity contribution >= 4 is 17.5 Å². The topological polar surface area (TPSA) is 126 Å². The van der Waals surface area contributed by atoms with E-state index in [1.165, 1.54) is 0 Å². The average Bonchev–Trinajstić information content (AvgIpc) is 3.18. The molecule has 3 heterocycles. The van der Waals surface area contributed by atoms with Crippen LogP contribution in [0.25, 0.3) is 5.69 Å². The quantitative estimate of drug-likeness (QED) is 0.550. The van der Waals surface area contributed by atoms with Crippen LogP contribution in [0.5, 0.6) is 0 Å². The van der Waals surface area contributed by atoms with Gasteiger partial charge in [0.05, 0.1) is 23.5 Å². The number of piperidine rings is 1. The summed E-state index contributed by atoms with van der Waals surface area (Å²) in [7, 11) is 0. The van der Waals surface area contributed by atoms with Crippen molar-refractivity contribution < 1.29 is 4.79 Å². The van der Waals surface area contributed by atoms with Crippen LogP contribution in [0.4, 0.5) is 11.6 Å². The van der Waals surface area contributed by atoms with Gasteiger partial charge in [0.2, 0.25) is 5.91 Å². The molecule has 4 rings (SSSR count). The fraction of sp³-hybridized carbons (Fsp3) is 0.348. The number of nitrogens with zero attached hydrogens (tertiary/aromatic N) is 6. The van der Waals surface area contributed by atoms with Gasteiger partial charge < -0.3 is 16.0 Å². The van der Waals surface area contributed by atoms with E-state index in [4.69, 9.17) is 5.73 Å². The summed E-state index contributed by atoms with van der Waals surface area (Å²) in [5.74, 6) is 1.12. The van der Waals surface area contributed by atoms with E-state index in [9.17, 15) is 10.1 Å². The number of nitriles is 1. The van der Waals surface area contributed by atoms with Gasteiger partial charge in [-0.25, -0.2) is 9.67 Å². The number of rotatable bonds is 7. The summed E-state index contributed by atoms with van der Waals surface area (Å²) in [6, 6.07) is 11.7. The Hall–Kier alpha value is -3.93. The van der Waals surface area contributed by atoms with Crippen LogP contribution in [-0.2, 0) is 11.2 Å². The van der Waals surface area contributed by atoms with Crippen molar-refractivity contribution in [2.75, 3.05) is 30.3 Å². The van der Waals surface area contributed by atoms with Crippen LogP contribution in [0.3, 0.4) is 0 Å². The van der Waals surface area contributed by atoms with Crippen molar-refractivity contribution in [3.63, 3.8) is 0 Å². The molecule has 1 atom stereocenters. The smallest absolute Gasteiger partial charge is 0.224 e. The molecule has 1 saturated heterocycles. The summed E-state index contributed by atoms with van der Waals surface area (Å²) in [5, 5.41) is 17.1. The second-order valence-corrected chi connectivity index (χ2v) is 7.81. The Balaban J connectivity index is 1.31. The molecule has 2 aromatic heterocycles. The first-order valence-corrected chi connectivity index (χ1v) is 10.8. The van der Waals surface area contributed by atoms with E-state index in [-0.39, 0.29) is 11.8 Å². The molecule has 1 fully saturated rings. The van der Waals surface area contributed by atoms with Gasteiger partial charge in [0, 0.05) is 32.0 Å². The van der Waals surface area contributed by atoms with E-state index in [1.807, 2.05) is 30.3 Å². The zero-order chi connectivity index (χ0) is 22.3. The van der Waals surface area contributed by atoms with E-state index in [0.29, 0.717) is 43.0 Å². The largest absolute Gasteiger partial charge is 0.382 e. The number of hydrogen-bond acceptors (Lipinski definition) is 7. The monoisotopic (exact) mass is 430 g/mol. The minimum atomic E-state index is -0.0756. The molecule has 1 amide bonds. The Morgan fingerprint density at radius 1 is 1.28 bits per heavy atom. The van der Waals surface area contributed by atoms with Crippen molar-refractivity contribution in [3.8, 4) is 11.8 Å². The number of nitrogens with one attached hydrogen (secondary N) is 1. The number of aryl methyl sites for hydroxylation is 1. The zero-order valence-electron chi connectivity index (χ0n) is 17.8. The van der Waals surface area contributed by atoms with Crippen molar-refractivity contribution in [1.29, 1.82) is 5.26 Å². The Morgan fingerprint density at radius 2 is 2.12 bits per heavy atom. The summed E-state index contributed by atoms with van der Waals surface area (Å²) >= 11 is 0. The predicted molar refractivity (Wildman–Crippen MR) is 121 cm³/mol. The van der Waals surface area contributed by atoms with Crippen LogP contribution >= 0.6 is 0 Å². The third-order valence-corrected chi connectivity index (χ3v) is 5.66. The third kappa shape index (κ3) is 4.70. The molecule has 0 radical (unpaired) electrons. The number of hydrogen-bond donors (Lipinski definition) is 2. The minimum Gasteiger partial charge on any atom is -0.382 e. The van der Waals surface area contributed by atoms with E-state index in [0.717, 1.165) is 30.9 Å². The lowest BCUT2D eigenvalue weighted by Gasteiger charge is -2.32. The number of nitrogen functional groups attached to an aromatic ring is 1. The van der Waals surface area contributed by atoms with E-state index in [2.05, 4.69) is 31.4 Å². The van der Waals surface area contributed by atoms with Gasteiger partial charge >= 0.3 is 0 Å². The highest BCUT2D eigenvalue weighted by Gasteiger charge is 2.26. The van der Waals surface area contributed by atoms with Gasteiger partial charge in [0.25, 0.3) is 0 Å². The number of amides is 1. The molecule has 1 unspecified atom stereocenters. The normalized spacial score (nSPS) is 15.8. The number of nitrogens with two attached hydrogens (primary N) is 1. The van der Waals surface area contributed by atoms with Gasteiger partial charge in [-0.3, -0.25) is 9.78 Å². The number of anilines is 2. The van der Waals surface area contributed by atoms with Gasteiger partial charge in [-0.05, 0) is 37.8 Å². The molecule has 0 spiro atoms. The number of para-hydroxylation sites is 1. The maximum Gasteiger partial charge on any atom is 0.224 e. The molecule has 0 saturated carbocycles. The first kappa shape index (κ1) is 21.3. The van der Waals surface area contributed by atoms with Gasteiger partial charge in [-0.1, -0.05) is 18.2 Å². The van der Waals surface area contributed by atoms with Gasteiger partial charge in [0.15, 0.2) is 0 Å². The lowest BCUT2D eigenvalue weighted by molar-refractivity contribution is -0.125. The summed E-state index contributed by atoms with van der Waals surface area (Å²) in [5.41, 5.74) is 8.01. The van der Waals surface area contributed by atoms with Crippen LogP contribution < -0.4 is 16.0 Å². The van der Waals surface area contributed by atoms with Crippen LogP contribution in [0, 0.1) is 17.2 Å². The van der Waals surface area contributed by atoms with Crippen LogP contribution in [0.15, 0.2) is 48.9 Å². The molecule has 164 valence electrons. The van der Waals surface area contributed by atoms with Crippen molar-refractivity contribution in [1.82, 2.24) is 25.1 Å². The first-order chi connectivity index (χ1) is 15.7. The van der Waals surface area contributed by atoms with Gasteiger partial charge in [-0.15, -0.1) is 0 Å². The van der Waals surface area contributed by atoms with E-state index < -0.39 is 0 Å². The lowest BCUT2D eigenvalue weighted by atomic mass is 9.97. The second kappa shape index (κ2) is 9.92. The number of benzene rings is 1. The first-order valence-electron chi connectivity index (χ1n) is 10.8. The predicted octanol–water partition coefficient (Wildman–Crippen LogP) is 2.08. The molecule has 1 aliphatic rings. The summed E-state index contributed by atoms with van der Waals surface area (Å²) in [6.45, 7) is 2.04. The highest BCUT2D eigenvalue weighted by molar-refractivity contribution is 5.79. The molecule has 3 aromatic rings. The molecule has 0 aliphatic carbocycles. The van der Waals surface area contributed by atoms with Gasteiger partial charge in [-0.2, -0.15) is 10.4 Å². The minimum absolute atomic E-state index is 0.0495. The molecular weight excluding hydrogens is 404 g/mol. The Labute approximate surface area is 186 Å². The zero-order valence-corrected chi connectivity index (χ0v) is 17.8. The summed E-state index contributed by atoms with van der Waals surface area (Å²) < 4.78 is 1.59. The van der Waals surface area contributed by atoms with Crippen LogP contribution in [0.1, 0.15) is 30.5 Å². The Kier molecular flexibility index (Phi) is 6.60. The highest BCUT2D eigenvalue weighted by atomic mass is 16.1. The Morgan fingerprint density at radius 3 is 2.88 bits per heavy atom. The van der Waals surface area contributed by atoms with Crippen molar-refractivity contribution in [2.24, 2.45) is 5.92 Å². The molecule has 9 heteroatoms. The fourth-order valence-corrected chi connectivity index (χ4v) is 4.01. The van der Waals surface area contributed by atoms with Crippen molar-refractivity contribution in [3.05, 3.63) is 60.2 Å². The maximum atomic E-state index is 12.7. The molecule has 1 aliphatic heterocycles. The van der Waals surface area contributed by atoms with Crippen LogP contribution in [-0.4, -0.2) is 45.3 Å². The van der Waals surface area contributed by atoms with E-state index >= 15 is 0 Å². The molecule has 1 aromatic carbocycles. The molecule has 32 heavy (non-hydrogen) atoms. The molecule has 0 bridgehead atoms. The molecule has 9 nitrogen and oxygen atoms in total. The van der Waals surface area contributed by atoms with Crippen molar-refractivity contribution in [2.45, 2.75) is 25.7 Å². The molecule has 3 N–H and O–H groups in total. The highest BCUT2D eigenvalue weighted by Crippen LogP contribution is 2.22. The van der Waals surface area contributed by atoms with Crippen LogP contribution in [0.2, 0.25) is 0 Å². The fourth-order valence-electron chi connectivity index (χ4n) is 4.01. The number of carbonyl (C=O) groups is 1. The average molecular weight is 431 g/mol. The molecular formula is C23H26N8O. The number of carbonyl (C=O) groups excluding carboxylic acids is 1. The third-order valence-electron chi connectivity index (χ3n) is 5.66. The SMILES string of the molecule is N#Cc1c(CCCNC(=O)C2CCCN(c3cnccn3)C2)nn(-c2ccccc2)c1N. The number of aromatic nitrogens is 4. The lowest BCUT2D eigenvalue weighted by Crippen LogP contribution is -2.43. The van der Waals surface area contributed by atoms with E-state index in [1.54, 1.807) is 23.3 Å². The standard InChI is InChI=1S/C23H26N8O/c24-14-19-20(29-31(22(19)25)18-7-2-1-3-8-18)9-4-10-28-23(32)17-6-5-13-30(16-17)21-15-26-11-12-27-21/h1-3,7-8,11-12,15,17H,4-6,9-10,13,16,25H2,(H,28,32). The maximum absolute atomic E-state index is 12.7. The Bertz CT molecular complexity index is 1090. The summed E-state index contributed by atoms with van der Waals surface area (Å²) in [4.78, 5) is 23.3. The second-order valence-electron chi connectivity index (χ2n) is 7.81. The van der Waals surface area contributed by atoms with Gasteiger partial charge in [0.1, 0.15) is 23.3 Å².